The second kappa shape index (κ2) is 3.93. The summed E-state index contributed by atoms with van der Waals surface area (Å²) in [6.45, 7) is 0. The van der Waals surface area contributed by atoms with Gasteiger partial charge < -0.3 is 4.74 Å². The first kappa shape index (κ1) is 9.57. The fraction of sp³-hybridized carbons (Fsp3) is 0.111. The summed E-state index contributed by atoms with van der Waals surface area (Å²) in [6.07, 6.45) is 0. The first-order valence-electron chi connectivity index (χ1n) is 3.41. The van der Waals surface area contributed by atoms with Crippen molar-refractivity contribution in [2.45, 2.75) is 0 Å². The van der Waals surface area contributed by atoms with Crippen LogP contribution in [0.15, 0.2) is 16.6 Å². The minimum atomic E-state index is 0.263. The van der Waals surface area contributed by atoms with Gasteiger partial charge >= 0.3 is 0 Å². The fourth-order valence-electron chi connectivity index (χ4n) is 0.949. The molecule has 64 valence electrons. The molecule has 0 fully saturated rings. The highest BCUT2D eigenvalue weighted by Crippen LogP contribution is 2.27. The van der Waals surface area contributed by atoms with E-state index in [0.717, 1.165) is 0 Å². The minimum absolute atomic E-state index is 0.263. The van der Waals surface area contributed by atoms with E-state index in [2.05, 4.69) is 15.9 Å². The quantitative estimate of drug-likeness (QED) is 0.752. The van der Waals surface area contributed by atoms with Crippen LogP contribution in [0, 0.1) is 22.7 Å². The van der Waals surface area contributed by atoms with Crippen molar-refractivity contribution >= 4 is 15.9 Å². The SMILES string of the molecule is COc1ccc(Br)c(C#N)c1C#N. The van der Waals surface area contributed by atoms with E-state index in [4.69, 9.17) is 15.3 Å². The van der Waals surface area contributed by atoms with Gasteiger partial charge in [-0.05, 0) is 28.1 Å². The molecule has 1 aromatic carbocycles. The van der Waals surface area contributed by atoms with E-state index < -0.39 is 0 Å². The predicted molar refractivity (Wildman–Crippen MR) is 50.1 cm³/mol. The second-order valence-corrected chi connectivity index (χ2v) is 3.08. The van der Waals surface area contributed by atoms with E-state index in [1.54, 1.807) is 12.1 Å². The number of rotatable bonds is 1. The Morgan fingerprint density at radius 2 is 1.85 bits per heavy atom. The van der Waals surface area contributed by atoms with Crippen LogP contribution in [0.5, 0.6) is 5.75 Å². The Morgan fingerprint density at radius 1 is 1.23 bits per heavy atom. The first-order valence-corrected chi connectivity index (χ1v) is 4.20. The van der Waals surface area contributed by atoms with Crippen molar-refractivity contribution in [2.75, 3.05) is 7.11 Å². The maximum Gasteiger partial charge on any atom is 0.138 e. The van der Waals surface area contributed by atoms with Crippen LogP contribution in [0.25, 0.3) is 0 Å². The third kappa shape index (κ3) is 1.63. The highest BCUT2D eigenvalue weighted by Gasteiger charge is 2.11. The highest BCUT2D eigenvalue weighted by atomic mass is 79.9. The van der Waals surface area contributed by atoms with Crippen LogP contribution in [0.2, 0.25) is 0 Å². The third-order valence-corrected chi connectivity index (χ3v) is 2.22. The summed E-state index contributed by atoms with van der Waals surface area (Å²) < 4.78 is 5.54. The molecule has 0 spiro atoms. The van der Waals surface area contributed by atoms with Gasteiger partial charge in [0.15, 0.2) is 0 Å². The number of benzene rings is 1. The Bertz CT molecular complexity index is 415. The van der Waals surface area contributed by atoms with Gasteiger partial charge in [0.25, 0.3) is 0 Å². The van der Waals surface area contributed by atoms with Gasteiger partial charge in [0.05, 0.1) is 12.7 Å². The standard InChI is InChI=1S/C9H5BrN2O/c1-13-9-3-2-8(10)6(4-11)7(9)5-12/h2-3H,1H3. The number of hydrogen-bond donors (Lipinski definition) is 0. The summed E-state index contributed by atoms with van der Waals surface area (Å²) >= 11 is 3.18. The van der Waals surface area contributed by atoms with Crippen LogP contribution >= 0.6 is 15.9 Å². The van der Waals surface area contributed by atoms with Gasteiger partial charge in [-0.3, -0.25) is 0 Å². The van der Waals surface area contributed by atoms with E-state index in [-0.39, 0.29) is 5.56 Å². The summed E-state index contributed by atoms with van der Waals surface area (Å²) in [7, 11) is 1.46. The molecule has 3 nitrogen and oxygen atoms in total. The van der Waals surface area contributed by atoms with E-state index in [0.29, 0.717) is 15.8 Å². The van der Waals surface area contributed by atoms with Crippen molar-refractivity contribution in [1.29, 1.82) is 10.5 Å². The number of halogens is 1. The van der Waals surface area contributed by atoms with E-state index in [1.165, 1.54) is 7.11 Å². The summed E-state index contributed by atoms with van der Waals surface area (Å²) in [6, 6.07) is 7.19. The first-order chi connectivity index (χ1) is 6.24. The Balaban J connectivity index is 3.50. The monoisotopic (exact) mass is 236 g/mol. The lowest BCUT2D eigenvalue weighted by Crippen LogP contribution is -1.92. The average Bonchev–Trinajstić information content (AvgIpc) is 2.17. The molecule has 4 heteroatoms. The number of methoxy groups -OCH3 is 1. The number of hydrogen-bond acceptors (Lipinski definition) is 3. The third-order valence-electron chi connectivity index (χ3n) is 1.56. The lowest BCUT2D eigenvalue weighted by Gasteiger charge is -2.04. The molecule has 0 heterocycles. The van der Waals surface area contributed by atoms with Crippen LogP contribution in [-0.4, -0.2) is 7.11 Å². The van der Waals surface area contributed by atoms with Gasteiger partial charge in [0.2, 0.25) is 0 Å². The molecule has 0 unspecified atom stereocenters. The number of nitriles is 2. The Hall–Kier alpha value is -1.52. The molecule has 0 radical (unpaired) electrons. The molecule has 0 aromatic heterocycles. The lowest BCUT2D eigenvalue weighted by atomic mass is 10.1. The lowest BCUT2D eigenvalue weighted by molar-refractivity contribution is 0.413. The summed E-state index contributed by atoms with van der Waals surface area (Å²) in [5.74, 6) is 0.419. The van der Waals surface area contributed by atoms with Crippen molar-refractivity contribution in [3.8, 4) is 17.9 Å². The van der Waals surface area contributed by atoms with Crippen molar-refractivity contribution in [3.05, 3.63) is 27.7 Å². The maximum absolute atomic E-state index is 8.78. The molecule has 0 aliphatic rings. The average molecular weight is 237 g/mol. The van der Waals surface area contributed by atoms with Gasteiger partial charge in [-0.1, -0.05) is 0 Å². The van der Waals surface area contributed by atoms with Crippen LogP contribution in [0.3, 0.4) is 0 Å². The van der Waals surface area contributed by atoms with Crippen LogP contribution in [0.1, 0.15) is 11.1 Å². The van der Waals surface area contributed by atoms with Crippen LogP contribution < -0.4 is 4.74 Å². The zero-order valence-electron chi connectivity index (χ0n) is 6.84. The number of ether oxygens (including phenoxy) is 1. The summed E-state index contributed by atoms with van der Waals surface area (Å²) in [5.41, 5.74) is 0.571. The van der Waals surface area contributed by atoms with Gasteiger partial charge in [-0.25, -0.2) is 0 Å². The minimum Gasteiger partial charge on any atom is -0.495 e. The van der Waals surface area contributed by atoms with Crippen molar-refractivity contribution < 1.29 is 4.74 Å². The molecule has 0 amide bonds. The predicted octanol–water partition coefficient (Wildman–Crippen LogP) is 2.20. The summed E-state index contributed by atoms with van der Waals surface area (Å²) in [4.78, 5) is 0. The maximum atomic E-state index is 8.78. The van der Waals surface area contributed by atoms with E-state index >= 15 is 0 Å². The molecule has 1 aromatic rings. The topological polar surface area (TPSA) is 56.8 Å². The van der Waals surface area contributed by atoms with Crippen molar-refractivity contribution in [3.63, 3.8) is 0 Å². The number of nitrogens with zero attached hydrogens (tertiary/aromatic N) is 2. The smallest absolute Gasteiger partial charge is 0.138 e. The molecule has 1 rings (SSSR count). The van der Waals surface area contributed by atoms with E-state index in [9.17, 15) is 0 Å². The Kier molecular flexibility index (Phi) is 2.89. The molecular formula is C9H5BrN2O. The summed E-state index contributed by atoms with van der Waals surface area (Å²) in [5, 5.41) is 17.5. The Morgan fingerprint density at radius 3 is 2.31 bits per heavy atom. The molecule has 0 saturated carbocycles. The zero-order chi connectivity index (χ0) is 9.84. The molecule has 13 heavy (non-hydrogen) atoms. The van der Waals surface area contributed by atoms with Gasteiger partial charge in [-0.15, -0.1) is 0 Å². The molecule has 0 N–H and O–H groups in total. The van der Waals surface area contributed by atoms with Gasteiger partial charge in [0.1, 0.15) is 23.5 Å². The normalized spacial score (nSPS) is 8.62. The van der Waals surface area contributed by atoms with Crippen LogP contribution in [0.4, 0.5) is 0 Å². The fourth-order valence-corrected chi connectivity index (χ4v) is 1.37. The van der Waals surface area contributed by atoms with E-state index in [1.807, 2.05) is 12.1 Å². The van der Waals surface area contributed by atoms with Gasteiger partial charge in [0, 0.05) is 4.47 Å². The largest absolute Gasteiger partial charge is 0.495 e. The molecule has 0 bridgehead atoms. The molecule has 0 aliphatic carbocycles. The zero-order valence-corrected chi connectivity index (χ0v) is 8.42. The van der Waals surface area contributed by atoms with Crippen LogP contribution in [-0.2, 0) is 0 Å². The molecular weight excluding hydrogens is 232 g/mol. The highest BCUT2D eigenvalue weighted by molar-refractivity contribution is 9.10. The van der Waals surface area contributed by atoms with Crippen molar-refractivity contribution in [1.82, 2.24) is 0 Å². The van der Waals surface area contributed by atoms with Crippen molar-refractivity contribution in [2.24, 2.45) is 0 Å². The molecule has 0 atom stereocenters. The second-order valence-electron chi connectivity index (χ2n) is 2.22. The van der Waals surface area contributed by atoms with Gasteiger partial charge in [-0.2, -0.15) is 10.5 Å². The molecule has 0 aliphatic heterocycles. The Labute approximate surface area is 84.3 Å². The molecule has 0 saturated heterocycles.